The normalized spacial score (nSPS) is 17.2. The molecule has 10 nitrogen and oxygen atoms in total. The summed E-state index contributed by atoms with van der Waals surface area (Å²) in [6.45, 7) is 5.02. The quantitative estimate of drug-likeness (QED) is 0.293. The molecule has 0 bridgehead atoms. The Morgan fingerprint density at radius 1 is 1.07 bits per heavy atom. The zero-order valence-corrected chi connectivity index (χ0v) is 27.7. The average molecular weight is 639 g/mol. The first-order chi connectivity index (χ1) is 21.5. The second-order valence-corrected chi connectivity index (χ2v) is 14.6. The number of ether oxygens (including phenoxy) is 1. The Kier molecular flexibility index (Phi) is 10.2. The molecule has 0 saturated heterocycles. The molecule has 45 heavy (non-hydrogen) atoms. The van der Waals surface area contributed by atoms with Gasteiger partial charge in [-0.15, -0.1) is 0 Å². The van der Waals surface area contributed by atoms with Gasteiger partial charge in [0.1, 0.15) is 0 Å². The van der Waals surface area contributed by atoms with E-state index >= 15 is 0 Å². The Balaban J connectivity index is 1.42. The minimum absolute atomic E-state index is 0.161. The number of carbonyl (C=O) groups is 2. The standard InChI is InChI=1S/C34H46N4O6S/c1-23-10-8-13-25-20-27(37(3)18-17-36(2)16-9-19-45(42,43)35-34(41)44-4)22-38-29-21-26(33(39)40)14-15-28(29)31(32(38)30(23)25)24-11-6-5-7-12-24/h8,10,13-15,21,24,27H,5-7,9,11-12,16-20,22H2,1-4H3,(H,35,41)(H,39,40). The first-order valence-electron chi connectivity index (χ1n) is 15.9. The van der Waals surface area contributed by atoms with Gasteiger partial charge in [-0.05, 0) is 88.0 Å². The number of nitrogens with one attached hydrogen (secondary N) is 1. The monoisotopic (exact) mass is 638 g/mol. The average Bonchev–Trinajstić information content (AvgIpc) is 3.20. The minimum atomic E-state index is -3.74. The van der Waals surface area contributed by atoms with Crippen LogP contribution in [-0.4, -0.2) is 92.6 Å². The highest BCUT2D eigenvalue weighted by molar-refractivity contribution is 7.90. The summed E-state index contributed by atoms with van der Waals surface area (Å²) >= 11 is 0. The molecule has 11 heteroatoms. The van der Waals surface area contributed by atoms with E-state index < -0.39 is 22.1 Å². The van der Waals surface area contributed by atoms with Crippen molar-refractivity contribution in [1.29, 1.82) is 0 Å². The van der Waals surface area contributed by atoms with Crippen molar-refractivity contribution in [3.63, 3.8) is 0 Å². The molecule has 1 aliphatic carbocycles. The van der Waals surface area contributed by atoms with Gasteiger partial charge in [0.15, 0.2) is 0 Å². The molecule has 3 aromatic rings. The van der Waals surface area contributed by atoms with E-state index in [4.69, 9.17) is 0 Å². The predicted octanol–water partition coefficient (Wildman–Crippen LogP) is 5.23. The molecule has 1 atom stereocenters. The van der Waals surface area contributed by atoms with Crippen molar-refractivity contribution < 1.29 is 27.9 Å². The lowest BCUT2D eigenvalue weighted by atomic mass is 9.80. The van der Waals surface area contributed by atoms with E-state index in [0.717, 1.165) is 51.5 Å². The number of methoxy groups -OCH3 is 1. The van der Waals surface area contributed by atoms with Gasteiger partial charge < -0.3 is 24.2 Å². The number of carboxylic acid groups (broad SMARTS) is 1. The molecule has 1 aliphatic heterocycles. The van der Waals surface area contributed by atoms with Gasteiger partial charge in [0.05, 0.1) is 24.1 Å². The minimum Gasteiger partial charge on any atom is -0.478 e. The molecule has 1 amide bonds. The van der Waals surface area contributed by atoms with Crippen molar-refractivity contribution >= 4 is 33.0 Å². The molecule has 1 aromatic heterocycles. The van der Waals surface area contributed by atoms with Gasteiger partial charge in [0, 0.05) is 42.1 Å². The van der Waals surface area contributed by atoms with Gasteiger partial charge in [-0.1, -0.05) is 43.5 Å². The molecule has 5 rings (SSSR count). The van der Waals surface area contributed by atoms with Crippen LogP contribution < -0.4 is 4.72 Å². The summed E-state index contributed by atoms with van der Waals surface area (Å²) in [6, 6.07) is 12.4. The number of amides is 1. The molecule has 1 saturated carbocycles. The molecule has 0 radical (unpaired) electrons. The van der Waals surface area contributed by atoms with E-state index in [9.17, 15) is 23.1 Å². The predicted molar refractivity (Wildman–Crippen MR) is 176 cm³/mol. The number of rotatable bonds is 11. The Labute approximate surface area is 266 Å². The maximum absolute atomic E-state index is 12.1. The molecular formula is C34H46N4O6S. The Hall–Kier alpha value is -3.41. The van der Waals surface area contributed by atoms with Gasteiger partial charge in [0.25, 0.3) is 0 Å². The highest BCUT2D eigenvalue weighted by atomic mass is 32.2. The molecular weight excluding hydrogens is 592 g/mol. The van der Waals surface area contributed by atoms with Crippen LogP contribution in [0.25, 0.3) is 22.2 Å². The van der Waals surface area contributed by atoms with Crippen molar-refractivity contribution in [2.24, 2.45) is 0 Å². The van der Waals surface area contributed by atoms with E-state index in [0.29, 0.717) is 24.4 Å². The summed E-state index contributed by atoms with van der Waals surface area (Å²) in [6.07, 6.45) is 6.30. The Morgan fingerprint density at radius 3 is 2.53 bits per heavy atom. The maximum Gasteiger partial charge on any atom is 0.420 e. The number of aromatic carboxylic acids is 1. The number of likely N-dealkylation sites (N-methyl/N-ethyl adjacent to an activating group) is 2. The van der Waals surface area contributed by atoms with Crippen LogP contribution in [0.4, 0.5) is 4.79 Å². The van der Waals surface area contributed by atoms with Crippen LogP contribution >= 0.6 is 0 Å². The van der Waals surface area contributed by atoms with E-state index in [1.807, 2.05) is 23.9 Å². The number of carboxylic acids is 1. The number of hydrogen-bond acceptors (Lipinski definition) is 7. The van der Waals surface area contributed by atoms with Gasteiger partial charge in [-0.2, -0.15) is 0 Å². The van der Waals surface area contributed by atoms with Crippen molar-refractivity contribution in [3.8, 4) is 11.3 Å². The summed E-state index contributed by atoms with van der Waals surface area (Å²) < 4.78 is 32.9. The number of carbonyl (C=O) groups excluding carboxylic acids is 1. The molecule has 2 aliphatic rings. The summed E-state index contributed by atoms with van der Waals surface area (Å²) in [5, 5.41) is 11.1. The van der Waals surface area contributed by atoms with Gasteiger partial charge >= 0.3 is 12.1 Å². The molecule has 2 heterocycles. The summed E-state index contributed by atoms with van der Waals surface area (Å²) in [5.74, 6) is -0.621. The number of aromatic nitrogens is 1. The lowest BCUT2D eigenvalue weighted by molar-refractivity contribution is 0.0697. The summed E-state index contributed by atoms with van der Waals surface area (Å²) in [5.41, 5.74) is 7.81. The van der Waals surface area contributed by atoms with Crippen LogP contribution in [0, 0.1) is 6.92 Å². The first-order valence-corrected chi connectivity index (χ1v) is 17.6. The van der Waals surface area contributed by atoms with Gasteiger partial charge in [-0.25, -0.2) is 22.7 Å². The van der Waals surface area contributed by atoms with E-state index in [2.05, 4.69) is 51.3 Å². The van der Waals surface area contributed by atoms with E-state index in [-0.39, 0.29) is 11.8 Å². The third-order valence-corrected chi connectivity index (χ3v) is 10.9. The van der Waals surface area contributed by atoms with Crippen molar-refractivity contribution in [2.45, 2.75) is 70.4 Å². The smallest absolute Gasteiger partial charge is 0.420 e. The number of nitrogens with zero attached hydrogens (tertiary/aromatic N) is 3. The molecule has 244 valence electrons. The molecule has 2 aromatic carbocycles. The summed E-state index contributed by atoms with van der Waals surface area (Å²) in [4.78, 5) is 27.9. The Bertz CT molecular complexity index is 1660. The van der Waals surface area contributed by atoms with Crippen LogP contribution in [-0.2, 0) is 27.7 Å². The highest BCUT2D eigenvalue weighted by Gasteiger charge is 2.33. The maximum atomic E-state index is 12.1. The number of hydrogen-bond donors (Lipinski definition) is 2. The molecule has 0 spiro atoms. The van der Waals surface area contributed by atoms with E-state index in [1.54, 1.807) is 6.07 Å². The Morgan fingerprint density at radius 2 is 1.82 bits per heavy atom. The topological polar surface area (TPSA) is 121 Å². The number of fused-ring (bicyclic) bond motifs is 5. The third kappa shape index (κ3) is 7.37. The zero-order chi connectivity index (χ0) is 32.3. The fourth-order valence-corrected chi connectivity index (χ4v) is 8.15. The van der Waals surface area contributed by atoms with Crippen LogP contribution in [0.3, 0.4) is 0 Å². The molecule has 2 N–H and O–H groups in total. The largest absolute Gasteiger partial charge is 0.478 e. The van der Waals surface area contributed by atoms with Crippen LogP contribution in [0.15, 0.2) is 36.4 Å². The second-order valence-electron chi connectivity index (χ2n) is 12.8. The fraction of sp³-hybridized carbons (Fsp3) is 0.529. The van der Waals surface area contributed by atoms with Crippen LogP contribution in [0.2, 0.25) is 0 Å². The van der Waals surface area contributed by atoms with Crippen LogP contribution in [0.5, 0.6) is 0 Å². The second kappa shape index (κ2) is 13.9. The highest BCUT2D eigenvalue weighted by Crippen LogP contribution is 2.47. The van der Waals surface area contributed by atoms with Crippen LogP contribution in [0.1, 0.15) is 71.5 Å². The van der Waals surface area contributed by atoms with E-state index in [1.165, 1.54) is 52.6 Å². The zero-order valence-electron chi connectivity index (χ0n) is 26.8. The number of sulfonamides is 1. The fourth-order valence-electron chi connectivity index (χ4n) is 7.20. The molecule has 1 unspecified atom stereocenters. The van der Waals surface area contributed by atoms with Crippen molar-refractivity contribution in [3.05, 3.63) is 58.7 Å². The number of benzene rings is 2. The summed E-state index contributed by atoms with van der Waals surface area (Å²) in [7, 11) is 1.51. The van der Waals surface area contributed by atoms with Crippen molar-refractivity contribution in [2.75, 3.05) is 46.6 Å². The van der Waals surface area contributed by atoms with Gasteiger partial charge in [0.2, 0.25) is 10.0 Å². The lowest BCUT2D eigenvalue weighted by Crippen LogP contribution is -2.41. The van der Waals surface area contributed by atoms with Crippen molar-refractivity contribution in [1.82, 2.24) is 19.1 Å². The first kappa shape index (κ1) is 33.0. The SMILES string of the molecule is COC(=O)NS(=O)(=O)CCCN(C)CCN(C)C1Cc2cccc(C)c2-c2c(C3CCCCC3)c3ccc(C(=O)O)cc3n2C1. The van der Waals surface area contributed by atoms with Gasteiger partial charge in [-0.3, -0.25) is 0 Å². The number of aryl methyl sites for hydroxylation is 1. The third-order valence-electron chi connectivity index (χ3n) is 9.64. The lowest BCUT2D eigenvalue weighted by Gasteiger charge is -2.30. The molecule has 1 fully saturated rings.